The number of hydrogen-bond acceptors (Lipinski definition) is 4. The highest BCUT2D eigenvalue weighted by Crippen LogP contribution is 2.22. The van der Waals surface area contributed by atoms with Gasteiger partial charge in [0.2, 0.25) is 10.0 Å². The number of anilines is 1. The van der Waals surface area contributed by atoms with Crippen LogP contribution in [0.1, 0.15) is 41.6 Å². The van der Waals surface area contributed by atoms with E-state index in [4.69, 9.17) is 0 Å². The third-order valence-electron chi connectivity index (χ3n) is 5.50. The fourth-order valence-corrected chi connectivity index (χ4v) is 4.63. The van der Waals surface area contributed by atoms with Crippen LogP contribution >= 0.6 is 0 Å². The van der Waals surface area contributed by atoms with Crippen LogP contribution < -0.4 is 9.62 Å². The van der Waals surface area contributed by atoms with Crippen LogP contribution in [0.25, 0.3) is 0 Å². The van der Waals surface area contributed by atoms with Crippen molar-refractivity contribution in [2.24, 2.45) is 0 Å². The number of hydrogen-bond donors (Lipinski definition) is 1. The van der Waals surface area contributed by atoms with E-state index in [1.165, 1.54) is 31.7 Å². The molecule has 0 bridgehead atoms. The highest BCUT2D eigenvalue weighted by Gasteiger charge is 2.20. The van der Waals surface area contributed by atoms with E-state index in [0.29, 0.717) is 17.8 Å². The molecule has 1 amide bonds. The van der Waals surface area contributed by atoms with Gasteiger partial charge in [0.05, 0.1) is 18.5 Å². The van der Waals surface area contributed by atoms with Crippen LogP contribution in [0.5, 0.6) is 0 Å². The molecule has 1 heterocycles. The van der Waals surface area contributed by atoms with E-state index >= 15 is 0 Å². The summed E-state index contributed by atoms with van der Waals surface area (Å²) in [5, 5.41) is 2.93. The van der Waals surface area contributed by atoms with Gasteiger partial charge in [-0.25, -0.2) is 12.8 Å². The van der Waals surface area contributed by atoms with Crippen LogP contribution in [0.3, 0.4) is 0 Å². The zero-order valence-corrected chi connectivity index (χ0v) is 18.7. The molecule has 168 valence electrons. The van der Waals surface area contributed by atoms with Gasteiger partial charge in [0, 0.05) is 24.2 Å². The number of carbonyl (C=O) groups excluding carboxylic acids is 1. The molecule has 0 saturated carbocycles. The maximum absolute atomic E-state index is 14.0. The van der Waals surface area contributed by atoms with Crippen LogP contribution in [-0.4, -0.2) is 51.7 Å². The van der Waals surface area contributed by atoms with E-state index in [0.717, 1.165) is 30.2 Å². The molecule has 1 aliphatic heterocycles. The Morgan fingerprint density at radius 3 is 2.29 bits per heavy atom. The first-order valence-corrected chi connectivity index (χ1v) is 12.5. The Morgan fingerprint density at radius 1 is 1.03 bits per heavy atom. The van der Waals surface area contributed by atoms with E-state index in [1.54, 1.807) is 42.5 Å². The summed E-state index contributed by atoms with van der Waals surface area (Å²) in [5.74, 6) is -0.655. The van der Waals surface area contributed by atoms with Crippen LogP contribution in [0.15, 0.2) is 48.5 Å². The molecule has 0 spiro atoms. The third-order valence-corrected chi connectivity index (χ3v) is 6.64. The third kappa shape index (κ3) is 6.77. The van der Waals surface area contributed by atoms with Gasteiger partial charge in [0.15, 0.2) is 0 Å². The maximum atomic E-state index is 14.0. The summed E-state index contributed by atoms with van der Waals surface area (Å²) in [4.78, 5) is 14.8. The molecule has 0 atom stereocenters. The van der Waals surface area contributed by atoms with Gasteiger partial charge in [0.1, 0.15) is 5.82 Å². The van der Waals surface area contributed by atoms with Gasteiger partial charge >= 0.3 is 0 Å². The molecular weight excluding hydrogens is 417 g/mol. The van der Waals surface area contributed by atoms with Crippen LogP contribution in [-0.2, 0) is 16.6 Å². The lowest BCUT2D eigenvalue weighted by Crippen LogP contribution is -2.35. The number of likely N-dealkylation sites (tertiary alicyclic amines) is 1. The predicted molar refractivity (Wildman–Crippen MR) is 121 cm³/mol. The van der Waals surface area contributed by atoms with E-state index in [-0.39, 0.29) is 18.0 Å². The number of sulfonamides is 1. The first kappa shape index (κ1) is 23.2. The van der Waals surface area contributed by atoms with Crippen LogP contribution in [0.4, 0.5) is 10.1 Å². The van der Waals surface area contributed by atoms with Gasteiger partial charge in [-0.3, -0.25) is 9.10 Å². The molecule has 0 aliphatic carbocycles. The molecule has 1 saturated heterocycles. The molecular formula is C23H30FN3O3S. The summed E-state index contributed by atoms with van der Waals surface area (Å²) in [6.07, 6.45) is 6.04. The fraction of sp³-hybridized carbons (Fsp3) is 0.435. The molecule has 2 aromatic carbocycles. The molecule has 3 rings (SSSR count). The SMILES string of the molecule is CS(=O)(=O)N(Cc1ccccc1F)c1ccc(C(=O)NCCN2CCCCCC2)cc1. The molecule has 2 aromatic rings. The van der Waals surface area contributed by atoms with Gasteiger partial charge in [-0.05, 0) is 56.3 Å². The highest BCUT2D eigenvalue weighted by atomic mass is 32.2. The standard InChI is InChI=1S/C23H30FN3O3S/c1-31(29,30)27(18-20-8-4-5-9-22(20)24)21-12-10-19(11-13-21)23(28)25-14-17-26-15-6-2-3-7-16-26/h4-5,8-13H,2-3,6-7,14-18H2,1H3,(H,25,28). The van der Waals surface area contributed by atoms with Crippen molar-refractivity contribution in [1.82, 2.24) is 10.2 Å². The van der Waals surface area contributed by atoms with Gasteiger partial charge in [0.25, 0.3) is 5.91 Å². The largest absolute Gasteiger partial charge is 0.351 e. The summed E-state index contributed by atoms with van der Waals surface area (Å²) in [6, 6.07) is 12.4. The summed E-state index contributed by atoms with van der Waals surface area (Å²) >= 11 is 0. The number of benzene rings is 2. The molecule has 1 N–H and O–H groups in total. The average molecular weight is 448 g/mol. The van der Waals surface area contributed by atoms with Crippen molar-refractivity contribution in [3.05, 3.63) is 65.5 Å². The number of nitrogens with one attached hydrogen (secondary N) is 1. The predicted octanol–water partition coefficient (Wildman–Crippen LogP) is 3.40. The lowest BCUT2D eigenvalue weighted by atomic mass is 10.1. The topological polar surface area (TPSA) is 69.7 Å². The van der Waals surface area contributed by atoms with Crippen molar-refractivity contribution in [3.8, 4) is 0 Å². The Balaban J connectivity index is 1.62. The Kier molecular flexibility index (Phi) is 8.03. The smallest absolute Gasteiger partial charge is 0.251 e. The zero-order chi connectivity index (χ0) is 22.3. The van der Waals surface area contributed by atoms with Crippen molar-refractivity contribution in [3.63, 3.8) is 0 Å². The second-order valence-electron chi connectivity index (χ2n) is 7.92. The van der Waals surface area contributed by atoms with E-state index < -0.39 is 15.8 Å². The van der Waals surface area contributed by atoms with Crippen molar-refractivity contribution < 1.29 is 17.6 Å². The summed E-state index contributed by atoms with van der Waals surface area (Å²) in [5.41, 5.74) is 1.12. The minimum Gasteiger partial charge on any atom is -0.351 e. The van der Waals surface area contributed by atoms with Crippen molar-refractivity contribution in [2.45, 2.75) is 32.2 Å². The second-order valence-corrected chi connectivity index (χ2v) is 9.83. The number of halogens is 1. The van der Waals surface area contributed by atoms with Crippen molar-refractivity contribution >= 4 is 21.6 Å². The number of amides is 1. The molecule has 0 radical (unpaired) electrons. The van der Waals surface area contributed by atoms with Crippen molar-refractivity contribution in [2.75, 3.05) is 36.7 Å². The minimum atomic E-state index is -3.64. The summed E-state index contributed by atoms with van der Waals surface area (Å²) in [7, 11) is -3.64. The van der Waals surface area contributed by atoms with Gasteiger partial charge in [-0.1, -0.05) is 31.0 Å². The molecule has 8 heteroatoms. The normalized spacial score (nSPS) is 15.3. The van der Waals surface area contributed by atoms with E-state index in [1.807, 2.05) is 0 Å². The molecule has 0 unspecified atom stereocenters. The first-order chi connectivity index (χ1) is 14.8. The molecule has 0 aromatic heterocycles. The van der Waals surface area contributed by atoms with Crippen LogP contribution in [0, 0.1) is 5.82 Å². The summed E-state index contributed by atoms with van der Waals surface area (Å²) in [6.45, 7) is 3.44. The number of carbonyl (C=O) groups is 1. The lowest BCUT2D eigenvalue weighted by molar-refractivity contribution is 0.0948. The monoisotopic (exact) mass is 447 g/mol. The number of nitrogens with zero attached hydrogens (tertiary/aromatic N) is 2. The molecule has 31 heavy (non-hydrogen) atoms. The Labute approximate surface area is 184 Å². The zero-order valence-electron chi connectivity index (χ0n) is 17.9. The quantitative estimate of drug-likeness (QED) is 0.673. The number of rotatable bonds is 8. The molecule has 1 aliphatic rings. The molecule has 6 nitrogen and oxygen atoms in total. The minimum absolute atomic E-state index is 0.118. The van der Waals surface area contributed by atoms with Gasteiger partial charge in [-0.2, -0.15) is 0 Å². The van der Waals surface area contributed by atoms with Crippen molar-refractivity contribution in [1.29, 1.82) is 0 Å². The maximum Gasteiger partial charge on any atom is 0.251 e. The Morgan fingerprint density at radius 2 is 1.68 bits per heavy atom. The molecule has 1 fully saturated rings. The average Bonchev–Trinajstić information content (AvgIpc) is 3.01. The fourth-order valence-electron chi connectivity index (χ4n) is 3.75. The summed E-state index contributed by atoms with van der Waals surface area (Å²) < 4.78 is 39.8. The van der Waals surface area contributed by atoms with E-state index in [9.17, 15) is 17.6 Å². The Hall–Kier alpha value is -2.45. The van der Waals surface area contributed by atoms with Gasteiger partial charge in [-0.15, -0.1) is 0 Å². The van der Waals surface area contributed by atoms with Crippen LogP contribution in [0.2, 0.25) is 0 Å². The van der Waals surface area contributed by atoms with E-state index in [2.05, 4.69) is 10.2 Å². The first-order valence-electron chi connectivity index (χ1n) is 10.7. The lowest BCUT2D eigenvalue weighted by Gasteiger charge is -2.23. The Bertz CT molecular complexity index is 972. The van der Waals surface area contributed by atoms with Gasteiger partial charge < -0.3 is 10.2 Å². The second kappa shape index (κ2) is 10.7. The highest BCUT2D eigenvalue weighted by molar-refractivity contribution is 7.92.